The predicted molar refractivity (Wildman–Crippen MR) is 56.4 cm³/mol. The van der Waals surface area contributed by atoms with Crippen LogP contribution in [0.1, 0.15) is 18.7 Å². The van der Waals surface area contributed by atoms with Gasteiger partial charge in [-0.05, 0) is 11.6 Å². The van der Waals surface area contributed by atoms with Crippen LogP contribution in [-0.2, 0) is 23.2 Å². The van der Waals surface area contributed by atoms with E-state index in [0.29, 0.717) is 25.2 Å². The molecular formula is C9H14N6O2. The summed E-state index contributed by atoms with van der Waals surface area (Å²) in [6, 6.07) is -0.346. The summed E-state index contributed by atoms with van der Waals surface area (Å²) in [7, 11) is 3.17. The van der Waals surface area contributed by atoms with Gasteiger partial charge in [0.2, 0.25) is 11.8 Å². The first-order chi connectivity index (χ1) is 8.08. The number of hydrogen-bond donors (Lipinski definition) is 1. The van der Waals surface area contributed by atoms with E-state index in [0.717, 1.165) is 4.90 Å². The number of nitrogens with zero attached hydrogens (tertiary/aromatic N) is 5. The van der Waals surface area contributed by atoms with Crippen LogP contribution in [0.5, 0.6) is 0 Å². The molecule has 1 fully saturated rings. The molecule has 8 heteroatoms. The van der Waals surface area contributed by atoms with Crippen LogP contribution in [0.3, 0.4) is 0 Å². The molecule has 1 aliphatic rings. The highest BCUT2D eigenvalue weighted by atomic mass is 16.2. The van der Waals surface area contributed by atoms with Crippen molar-refractivity contribution >= 4 is 11.8 Å². The Morgan fingerprint density at radius 2 is 2.18 bits per heavy atom. The third-order valence-corrected chi connectivity index (χ3v) is 2.71. The Balaban J connectivity index is 1.91. The van der Waals surface area contributed by atoms with Gasteiger partial charge in [0.25, 0.3) is 0 Å². The Morgan fingerprint density at radius 3 is 2.82 bits per heavy atom. The van der Waals surface area contributed by atoms with Crippen molar-refractivity contribution in [2.75, 3.05) is 7.05 Å². The zero-order valence-electron chi connectivity index (χ0n) is 9.75. The Hall–Kier alpha value is -1.83. The molecule has 0 saturated carbocycles. The average Bonchev–Trinajstić information content (AvgIpc) is 2.71. The average molecular weight is 238 g/mol. The molecule has 1 N–H and O–H groups in total. The van der Waals surface area contributed by atoms with Gasteiger partial charge in [0, 0.05) is 13.5 Å². The monoisotopic (exact) mass is 238 g/mol. The lowest BCUT2D eigenvalue weighted by atomic mass is 10.0. The number of aryl methyl sites for hydroxylation is 1. The summed E-state index contributed by atoms with van der Waals surface area (Å²) in [5, 5.41) is 14.5. The van der Waals surface area contributed by atoms with E-state index in [1.54, 1.807) is 7.05 Å². The van der Waals surface area contributed by atoms with Crippen molar-refractivity contribution in [3.8, 4) is 0 Å². The van der Waals surface area contributed by atoms with Crippen molar-refractivity contribution in [3.05, 3.63) is 5.82 Å². The second-order valence-corrected chi connectivity index (χ2v) is 3.96. The van der Waals surface area contributed by atoms with Gasteiger partial charge >= 0.3 is 0 Å². The van der Waals surface area contributed by atoms with Gasteiger partial charge in [0.1, 0.15) is 0 Å². The van der Waals surface area contributed by atoms with Gasteiger partial charge < -0.3 is 0 Å². The first kappa shape index (κ1) is 11.6. The molecule has 0 radical (unpaired) electrons. The molecular weight excluding hydrogens is 224 g/mol. The summed E-state index contributed by atoms with van der Waals surface area (Å²) in [5.74, 6) is 0.190. The number of nitrogens with one attached hydrogen (secondary N) is 1. The zero-order valence-corrected chi connectivity index (χ0v) is 9.75. The summed E-state index contributed by atoms with van der Waals surface area (Å²) in [5.41, 5.74) is 0. The molecule has 0 aliphatic carbocycles. The van der Waals surface area contributed by atoms with Crippen molar-refractivity contribution in [1.82, 2.24) is 30.4 Å². The Kier molecular flexibility index (Phi) is 3.14. The first-order valence-electron chi connectivity index (χ1n) is 5.34. The van der Waals surface area contributed by atoms with E-state index < -0.39 is 0 Å². The summed E-state index contributed by atoms with van der Waals surface area (Å²) in [6.45, 7) is 0.367. The highest BCUT2D eigenvalue weighted by molar-refractivity contribution is 6.00. The Labute approximate surface area is 98.0 Å². The molecule has 8 nitrogen and oxygen atoms in total. The van der Waals surface area contributed by atoms with E-state index >= 15 is 0 Å². The molecule has 1 aromatic rings. The van der Waals surface area contributed by atoms with Gasteiger partial charge in [0.15, 0.2) is 5.82 Å². The number of hydrogen-bond acceptors (Lipinski definition) is 6. The molecule has 2 rings (SSSR count). The largest absolute Gasteiger partial charge is 0.299 e. The minimum absolute atomic E-state index is 0.134. The van der Waals surface area contributed by atoms with Crippen LogP contribution in [-0.4, -0.2) is 50.0 Å². The fourth-order valence-electron chi connectivity index (χ4n) is 1.71. The molecule has 0 aromatic carbocycles. The minimum Gasteiger partial charge on any atom is -0.299 e. The number of aromatic nitrogens is 4. The molecule has 17 heavy (non-hydrogen) atoms. The number of tetrazole rings is 1. The highest BCUT2D eigenvalue weighted by Gasteiger charge is 2.31. The van der Waals surface area contributed by atoms with Crippen molar-refractivity contribution in [1.29, 1.82) is 0 Å². The molecule has 1 aliphatic heterocycles. The van der Waals surface area contributed by atoms with Crippen molar-refractivity contribution in [3.63, 3.8) is 0 Å². The molecule has 1 unspecified atom stereocenters. The van der Waals surface area contributed by atoms with Gasteiger partial charge in [-0.1, -0.05) is 0 Å². The van der Waals surface area contributed by atoms with Crippen LogP contribution in [0.2, 0.25) is 0 Å². The SMILES string of the molecule is CN1C(=O)CCC(NCc2nnn(C)n2)C1=O. The predicted octanol–water partition coefficient (Wildman–Crippen LogP) is -1.55. The van der Waals surface area contributed by atoms with Crippen LogP contribution < -0.4 is 5.32 Å². The van der Waals surface area contributed by atoms with E-state index in [9.17, 15) is 9.59 Å². The number of imide groups is 1. The number of amides is 2. The van der Waals surface area contributed by atoms with Crippen LogP contribution in [0.25, 0.3) is 0 Å². The highest BCUT2D eigenvalue weighted by Crippen LogP contribution is 2.11. The quantitative estimate of drug-likeness (QED) is 0.641. The normalized spacial score (nSPS) is 21.1. The van der Waals surface area contributed by atoms with Crippen molar-refractivity contribution in [2.45, 2.75) is 25.4 Å². The number of rotatable bonds is 3. The molecule has 1 aromatic heterocycles. The summed E-state index contributed by atoms with van der Waals surface area (Å²) >= 11 is 0. The van der Waals surface area contributed by atoms with Gasteiger partial charge in [-0.2, -0.15) is 4.80 Å². The maximum atomic E-state index is 11.7. The van der Waals surface area contributed by atoms with E-state index in [4.69, 9.17) is 0 Å². The molecule has 0 bridgehead atoms. The van der Waals surface area contributed by atoms with E-state index in [2.05, 4.69) is 20.7 Å². The van der Waals surface area contributed by atoms with Crippen LogP contribution in [0, 0.1) is 0 Å². The number of likely N-dealkylation sites (tertiary alicyclic amines) is 1. The van der Waals surface area contributed by atoms with Gasteiger partial charge in [-0.25, -0.2) is 0 Å². The Bertz CT molecular complexity index is 442. The molecule has 2 amide bonds. The van der Waals surface area contributed by atoms with Gasteiger partial charge in [0.05, 0.1) is 19.6 Å². The standard InChI is InChI=1S/C9H14N6O2/c1-14-8(16)4-3-6(9(14)17)10-5-7-11-13-15(2)12-7/h6,10H,3-5H2,1-2H3. The lowest BCUT2D eigenvalue weighted by Crippen LogP contribution is -2.51. The molecule has 0 spiro atoms. The maximum Gasteiger partial charge on any atom is 0.246 e. The molecule has 2 heterocycles. The number of carbonyl (C=O) groups is 2. The summed E-state index contributed by atoms with van der Waals surface area (Å²) < 4.78 is 0. The number of likely N-dealkylation sites (N-methyl/N-ethyl adjacent to an activating group) is 1. The second kappa shape index (κ2) is 4.58. The van der Waals surface area contributed by atoms with Crippen molar-refractivity contribution < 1.29 is 9.59 Å². The second-order valence-electron chi connectivity index (χ2n) is 3.96. The fourth-order valence-corrected chi connectivity index (χ4v) is 1.71. The molecule has 1 atom stereocenters. The van der Waals surface area contributed by atoms with E-state index in [-0.39, 0.29) is 17.9 Å². The zero-order chi connectivity index (χ0) is 12.4. The van der Waals surface area contributed by atoms with Crippen molar-refractivity contribution in [2.24, 2.45) is 7.05 Å². The third kappa shape index (κ3) is 2.47. The number of piperidine rings is 1. The lowest BCUT2D eigenvalue weighted by molar-refractivity contribution is -0.148. The van der Waals surface area contributed by atoms with Gasteiger partial charge in [-0.15, -0.1) is 10.2 Å². The van der Waals surface area contributed by atoms with Gasteiger partial charge in [-0.3, -0.25) is 19.8 Å². The lowest BCUT2D eigenvalue weighted by Gasteiger charge is -2.27. The Morgan fingerprint density at radius 1 is 1.41 bits per heavy atom. The number of carbonyl (C=O) groups excluding carboxylic acids is 2. The third-order valence-electron chi connectivity index (χ3n) is 2.71. The topological polar surface area (TPSA) is 93.0 Å². The van der Waals surface area contributed by atoms with Crippen LogP contribution in [0.4, 0.5) is 0 Å². The fraction of sp³-hybridized carbons (Fsp3) is 0.667. The summed E-state index contributed by atoms with van der Waals surface area (Å²) in [6.07, 6.45) is 0.899. The van der Waals surface area contributed by atoms with Crippen LogP contribution >= 0.6 is 0 Å². The summed E-state index contributed by atoms with van der Waals surface area (Å²) in [4.78, 5) is 25.5. The molecule has 1 saturated heterocycles. The van der Waals surface area contributed by atoms with E-state index in [1.165, 1.54) is 11.8 Å². The van der Waals surface area contributed by atoms with E-state index in [1.807, 2.05) is 0 Å². The first-order valence-corrected chi connectivity index (χ1v) is 5.34. The smallest absolute Gasteiger partial charge is 0.246 e. The maximum absolute atomic E-state index is 11.7. The van der Waals surface area contributed by atoms with Crippen LogP contribution in [0.15, 0.2) is 0 Å². The molecule has 92 valence electrons. The minimum atomic E-state index is -0.346.